The van der Waals surface area contributed by atoms with E-state index in [2.05, 4.69) is 23.0 Å². The maximum atomic E-state index is 6.20. The number of hydrogen-bond donors (Lipinski definition) is 3. The number of rotatable bonds is 3. The third-order valence-electron chi connectivity index (χ3n) is 4.32. The van der Waals surface area contributed by atoms with Crippen molar-refractivity contribution in [1.29, 1.82) is 0 Å². The van der Waals surface area contributed by atoms with Crippen molar-refractivity contribution in [3.05, 3.63) is 23.8 Å². The van der Waals surface area contributed by atoms with Gasteiger partial charge < -0.3 is 15.2 Å². The molecule has 5 heteroatoms. The first-order chi connectivity index (χ1) is 9.31. The first-order valence-corrected chi connectivity index (χ1v) is 6.97. The second-order valence-electron chi connectivity index (χ2n) is 5.74. The van der Waals surface area contributed by atoms with E-state index in [-0.39, 0.29) is 12.1 Å². The molecule has 3 atom stereocenters. The highest BCUT2D eigenvalue weighted by Gasteiger charge is 2.38. The van der Waals surface area contributed by atoms with E-state index in [1.807, 2.05) is 6.07 Å². The summed E-state index contributed by atoms with van der Waals surface area (Å²) in [6.45, 7) is 0.317. The van der Waals surface area contributed by atoms with Crippen molar-refractivity contribution in [2.75, 3.05) is 6.79 Å². The minimum atomic E-state index is -0.0517. The summed E-state index contributed by atoms with van der Waals surface area (Å²) in [5.41, 5.74) is 13.9. The van der Waals surface area contributed by atoms with Crippen LogP contribution >= 0.6 is 0 Å². The van der Waals surface area contributed by atoms with Gasteiger partial charge in [0.2, 0.25) is 6.79 Å². The lowest BCUT2D eigenvalue weighted by atomic mass is 9.88. The molecule has 4 N–H and O–H groups in total. The minimum Gasteiger partial charge on any atom is -0.454 e. The van der Waals surface area contributed by atoms with Crippen LogP contribution in [0.5, 0.6) is 11.5 Å². The van der Waals surface area contributed by atoms with Crippen LogP contribution in [-0.2, 0) is 0 Å². The van der Waals surface area contributed by atoms with Crippen LogP contribution < -0.4 is 26.1 Å². The van der Waals surface area contributed by atoms with Gasteiger partial charge in [0, 0.05) is 12.0 Å². The zero-order chi connectivity index (χ0) is 12.8. The molecule has 1 aromatic rings. The maximum Gasteiger partial charge on any atom is 0.231 e. The molecule has 1 aromatic carbocycles. The Hall–Kier alpha value is -1.30. The predicted molar refractivity (Wildman–Crippen MR) is 70.7 cm³/mol. The summed E-state index contributed by atoms with van der Waals surface area (Å²) in [4.78, 5) is 0. The summed E-state index contributed by atoms with van der Waals surface area (Å²) in [6.07, 6.45) is 3.87. The lowest BCUT2D eigenvalue weighted by molar-refractivity contribution is 0.174. The molecule has 0 bridgehead atoms. The van der Waals surface area contributed by atoms with Crippen LogP contribution in [0.4, 0.5) is 0 Å². The van der Waals surface area contributed by atoms with Crippen LogP contribution in [0.15, 0.2) is 18.2 Å². The third-order valence-corrected chi connectivity index (χ3v) is 4.32. The Labute approximate surface area is 112 Å². The standard InChI is InChI=1S/C14H19N3O2/c15-14-13(10(16-17-14)5-8-1-2-8)9-3-4-11-12(6-9)19-7-18-11/h3-4,6,8,10,13-14,16-17H,1-2,5,7,15H2. The highest BCUT2D eigenvalue weighted by molar-refractivity contribution is 5.46. The van der Waals surface area contributed by atoms with Gasteiger partial charge in [-0.15, -0.1) is 0 Å². The Bertz CT molecular complexity index is 490. The molecule has 1 saturated heterocycles. The van der Waals surface area contributed by atoms with E-state index in [1.165, 1.54) is 24.8 Å². The van der Waals surface area contributed by atoms with Gasteiger partial charge in [-0.3, -0.25) is 5.43 Å². The first-order valence-electron chi connectivity index (χ1n) is 6.97. The van der Waals surface area contributed by atoms with Gasteiger partial charge in [0.05, 0.1) is 6.17 Å². The molecule has 2 heterocycles. The van der Waals surface area contributed by atoms with E-state index in [9.17, 15) is 0 Å². The van der Waals surface area contributed by atoms with E-state index in [0.717, 1.165) is 17.4 Å². The molecule has 3 unspecified atom stereocenters. The molecular formula is C14H19N3O2. The topological polar surface area (TPSA) is 68.5 Å². The molecule has 0 radical (unpaired) electrons. The summed E-state index contributed by atoms with van der Waals surface area (Å²) >= 11 is 0. The molecule has 2 fully saturated rings. The van der Waals surface area contributed by atoms with Gasteiger partial charge in [0.15, 0.2) is 11.5 Å². The predicted octanol–water partition coefficient (Wildman–Crippen LogP) is 1.06. The number of fused-ring (bicyclic) bond motifs is 1. The number of nitrogens with two attached hydrogens (primary N) is 1. The molecule has 19 heavy (non-hydrogen) atoms. The van der Waals surface area contributed by atoms with Crippen molar-refractivity contribution in [2.24, 2.45) is 11.7 Å². The van der Waals surface area contributed by atoms with Crippen LogP contribution in [-0.4, -0.2) is 19.0 Å². The number of hydrogen-bond acceptors (Lipinski definition) is 5. The van der Waals surface area contributed by atoms with Crippen molar-refractivity contribution >= 4 is 0 Å². The van der Waals surface area contributed by atoms with E-state index in [0.29, 0.717) is 12.8 Å². The zero-order valence-electron chi connectivity index (χ0n) is 10.8. The maximum absolute atomic E-state index is 6.20. The molecule has 1 saturated carbocycles. The average Bonchev–Trinajstić information content (AvgIpc) is 2.97. The van der Waals surface area contributed by atoms with Crippen LogP contribution in [0.25, 0.3) is 0 Å². The summed E-state index contributed by atoms with van der Waals surface area (Å²) in [6, 6.07) is 6.56. The lowest BCUT2D eigenvalue weighted by Gasteiger charge is -2.21. The number of benzene rings is 1. The smallest absolute Gasteiger partial charge is 0.231 e. The van der Waals surface area contributed by atoms with E-state index < -0.39 is 0 Å². The number of nitrogens with one attached hydrogen (secondary N) is 2. The Morgan fingerprint density at radius 1 is 1.16 bits per heavy atom. The van der Waals surface area contributed by atoms with Crippen LogP contribution in [0, 0.1) is 5.92 Å². The summed E-state index contributed by atoms with van der Waals surface area (Å²) in [5.74, 6) is 2.83. The average molecular weight is 261 g/mol. The SMILES string of the molecule is NC1NNC(CC2CC2)C1c1ccc2c(c1)OCO2. The van der Waals surface area contributed by atoms with Gasteiger partial charge in [-0.2, -0.15) is 0 Å². The molecule has 1 aliphatic carbocycles. The summed E-state index contributed by atoms with van der Waals surface area (Å²) in [5, 5.41) is 0. The second kappa shape index (κ2) is 4.37. The lowest BCUT2D eigenvalue weighted by Crippen LogP contribution is -2.38. The Kier molecular flexibility index (Phi) is 2.65. The van der Waals surface area contributed by atoms with Crippen LogP contribution in [0.2, 0.25) is 0 Å². The largest absolute Gasteiger partial charge is 0.454 e. The van der Waals surface area contributed by atoms with Gasteiger partial charge in [-0.1, -0.05) is 18.9 Å². The highest BCUT2D eigenvalue weighted by Crippen LogP contribution is 2.40. The van der Waals surface area contributed by atoms with Gasteiger partial charge in [0.25, 0.3) is 0 Å². The number of hydrazine groups is 1. The van der Waals surface area contributed by atoms with Crippen LogP contribution in [0.3, 0.4) is 0 Å². The second-order valence-corrected chi connectivity index (χ2v) is 5.74. The fourth-order valence-corrected chi connectivity index (χ4v) is 3.11. The number of ether oxygens (including phenoxy) is 2. The molecule has 3 aliphatic rings. The van der Waals surface area contributed by atoms with Crippen molar-refractivity contribution in [3.63, 3.8) is 0 Å². The molecule has 0 amide bonds. The zero-order valence-corrected chi connectivity index (χ0v) is 10.8. The molecular weight excluding hydrogens is 242 g/mol. The Morgan fingerprint density at radius 3 is 2.84 bits per heavy atom. The van der Waals surface area contributed by atoms with E-state index in [4.69, 9.17) is 15.2 Å². The normalized spacial score (nSPS) is 32.8. The van der Waals surface area contributed by atoms with Gasteiger partial charge >= 0.3 is 0 Å². The van der Waals surface area contributed by atoms with E-state index in [1.54, 1.807) is 0 Å². The van der Waals surface area contributed by atoms with Crippen molar-refractivity contribution < 1.29 is 9.47 Å². The molecule has 2 aliphatic heterocycles. The fourth-order valence-electron chi connectivity index (χ4n) is 3.11. The van der Waals surface area contributed by atoms with Gasteiger partial charge in [0.1, 0.15) is 0 Å². The Morgan fingerprint density at radius 2 is 2.00 bits per heavy atom. The molecule has 4 rings (SSSR count). The molecule has 5 nitrogen and oxygen atoms in total. The Balaban J connectivity index is 1.61. The van der Waals surface area contributed by atoms with E-state index >= 15 is 0 Å². The molecule has 0 aromatic heterocycles. The first kappa shape index (κ1) is 11.5. The quantitative estimate of drug-likeness (QED) is 0.759. The van der Waals surface area contributed by atoms with Crippen molar-refractivity contribution in [1.82, 2.24) is 10.9 Å². The minimum absolute atomic E-state index is 0.0517. The van der Waals surface area contributed by atoms with Crippen LogP contribution in [0.1, 0.15) is 30.7 Å². The highest BCUT2D eigenvalue weighted by atomic mass is 16.7. The third kappa shape index (κ3) is 2.08. The van der Waals surface area contributed by atoms with Crippen molar-refractivity contribution in [3.8, 4) is 11.5 Å². The fraction of sp³-hybridized carbons (Fsp3) is 0.571. The summed E-state index contributed by atoms with van der Waals surface area (Å²) < 4.78 is 10.8. The monoisotopic (exact) mass is 261 g/mol. The van der Waals surface area contributed by atoms with Crippen molar-refractivity contribution in [2.45, 2.75) is 37.4 Å². The van der Waals surface area contributed by atoms with Gasteiger partial charge in [-0.05, 0) is 30.0 Å². The molecule has 0 spiro atoms. The summed E-state index contributed by atoms with van der Waals surface area (Å²) in [7, 11) is 0. The van der Waals surface area contributed by atoms with Gasteiger partial charge in [-0.25, -0.2) is 5.43 Å². The molecule has 102 valence electrons.